The van der Waals surface area contributed by atoms with Crippen LogP contribution < -0.4 is 16.0 Å². The molecule has 23 nitrogen and oxygen atoms in total. The van der Waals surface area contributed by atoms with Crippen molar-refractivity contribution in [2.24, 2.45) is 0 Å². The van der Waals surface area contributed by atoms with Crippen LogP contribution in [0.4, 0.5) is 32.5 Å². The standard InChI is InChI=1S/C21H26N8S.C20H24N8S.C20H23N7S/c1-14-12-29-17(15-9-23-24-10-15)11-22-20(29)19(25-14)26-18-8-16(27-30-18)13-28-7-5-4-6-21(28,2)3;1-14-13-28-17(15-10-22-23-11-15)12-21-20(28)19(24-14)25-18-9-16(26-29-18)5-8-27-6-3-2-4-7-27;1-14-12-27-17(15-9-22-23-10-15)11-21-20(27)19(24-14)25-18-6-5-16(28-18)13-26-7-3-2-4-8-26/h8-12H,4-7,13H2,1-3H3,(H,23,24)(H,25,26);9-13H,2-8H2,1H3,(H,22,23)(H,24,25);5-6,9-12H,2-4,7-8,13H2,1H3,(H,22,23)(H,24,25). The molecule has 0 radical (unpaired) electrons. The van der Waals surface area contributed by atoms with E-state index in [1.807, 2.05) is 85.3 Å². The first-order valence-electron chi connectivity index (χ1n) is 30.0. The number of nitrogens with zero attached hydrogens (tertiary/aromatic N) is 17. The Morgan fingerprint density at radius 3 is 1.45 bits per heavy atom. The summed E-state index contributed by atoms with van der Waals surface area (Å²) in [5.41, 5.74) is 13.5. The summed E-state index contributed by atoms with van der Waals surface area (Å²) in [6.07, 6.45) is 35.4. The van der Waals surface area contributed by atoms with Crippen LogP contribution >= 0.6 is 34.4 Å². The fourth-order valence-corrected chi connectivity index (χ4v) is 14.1. The van der Waals surface area contributed by atoms with Gasteiger partial charge < -0.3 is 20.9 Å². The predicted octanol–water partition coefficient (Wildman–Crippen LogP) is 12.3. The molecule has 12 aromatic heterocycles. The first kappa shape index (κ1) is 57.8. The van der Waals surface area contributed by atoms with Crippen LogP contribution in [0.1, 0.15) is 105 Å². The number of nitrogens with one attached hydrogen (secondary N) is 6. The highest BCUT2D eigenvalue weighted by Crippen LogP contribution is 2.34. The Labute approximate surface area is 516 Å². The minimum Gasteiger partial charge on any atom is -0.329 e. The van der Waals surface area contributed by atoms with Crippen molar-refractivity contribution in [3.05, 3.63) is 132 Å². The Morgan fingerprint density at radius 2 is 0.966 bits per heavy atom. The van der Waals surface area contributed by atoms with Crippen molar-refractivity contribution >= 4 is 83.8 Å². The molecule has 3 fully saturated rings. The second-order valence-corrected chi connectivity index (χ2v) is 26.1. The fourth-order valence-electron chi connectivity index (χ4n) is 11.8. The van der Waals surface area contributed by atoms with E-state index in [1.54, 1.807) is 29.9 Å². The zero-order valence-electron chi connectivity index (χ0n) is 49.8. The van der Waals surface area contributed by atoms with Gasteiger partial charge in [0.25, 0.3) is 0 Å². The molecule has 0 spiro atoms. The molecule has 26 heteroatoms. The Hall–Kier alpha value is -8.27. The Morgan fingerprint density at radius 1 is 0.506 bits per heavy atom. The van der Waals surface area contributed by atoms with Gasteiger partial charge in [-0.15, -0.1) is 11.3 Å². The van der Waals surface area contributed by atoms with Gasteiger partial charge in [0.2, 0.25) is 0 Å². The van der Waals surface area contributed by atoms with Crippen LogP contribution in [0.5, 0.6) is 0 Å². The minimum atomic E-state index is 0.235. The van der Waals surface area contributed by atoms with E-state index in [2.05, 4.69) is 133 Å². The monoisotopic (exact) mass is 1220 g/mol. The van der Waals surface area contributed by atoms with Crippen molar-refractivity contribution in [3.8, 4) is 33.8 Å². The number of imidazole rings is 3. The van der Waals surface area contributed by atoms with Crippen molar-refractivity contribution in [1.29, 1.82) is 0 Å². The number of aromatic amines is 3. The topological polar surface area (TPSA) is 248 Å². The Bertz CT molecular complexity index is 4170. The summed E-state index contributed by atoms with van der Waals surface area (Å²) in [6, 6.07) is 8.63. The zero-order valence-corrected chi connectivity index (χ0v) is 52.2. The molecule has 3 saturated heterocycles. The first-order valence-corrected chi connectivity index (χ1v) is 32.4. The van der Waals surface area contributed by atoms with E-state index in [1.165, 1.54) is 112 Å². The summed E-state index contributed by atoms with van der Waals surface area (Å²) in [5.74, 6) is 2.25. The number of hydrogen-bond acceptors (Lipinski definition) is 20. The maximum Gasteiger partial charge on any atom is 0.180 e. The third-order valence-corrected chi connectivity index (χ3v) is 18.8. The summed E-state index contributed by atoms with van der Waals surface area (Å²) >= 11 is 4.75. The molecular formula is C61H73N23S3. The minimum absolute atomic E-state index is 0.235. The lowest BCUT2D eigenvalue weighted by Gasteiger charge is -2.42. The number of rotatable bonds is 16. The number of H-pyrrole nitrogens is 3. The molecule has 0 unspecified atom stereocenters. The van der Waals surface area contributed by atoms with E-state index in [-0.39, 0.29) is 5.54 Å². The molecule has 0 amide bonds. The predicted molar refractivity (Wildman–Crippen MR) is 346 cm³/mol. The molecule has 15 heterocycles. The highest BCUT2D eigenvalue weighted by molar-refractivity contribution is 7.16. The molecule has 3 aliphatic rings. The highest BCUT2D eigenvalue weighted by atomic mass is 32.1. The third-order valence-electron chi connectivity index (χ3n) is 16.4. The molecule has 0 aromatic carbocycles. The van der Waals surface area contributed by atoms with E-state index in [0.29, 0.717) is 0 Å². The van der Waals surface area contributed by atoms with Gasteiger partial charge in [-0.05, 0) is 153 Å². The van der Waals surface area contributed by atoms with Gasteiger partial charge in [-0.3, -0.25) is 38.3 Å². The smallest absolute Gasteiger partial charge is 0.180 e. The van der Waals surface area contributed by atoms with Crippen LogP contribution in [-0.2, 0) is 19.5 Å². The van der Waals surface area contributed by atoms with E-state index >= 15 is 0 Å². The van der Waals surface area contributed by atoms with Gasteiger partial charge >= 0.3 is 0 Å². The van der Waals surface area contributed by atoms with Gasteiger partial charge in [0.15, 0.2) is 34.4 Å². The van der Waals surface area contributed by atoms with Crippen molar-refractivity contribution in [3.63, 3.8) is 0 Å². The van der Waals surface area contributed by atoms with E-state index in [4.69, 9.17) is 9.36 Å². The molecule has 15 rings (SSSR count). The van der Waals surface area contributed by atoms with Crippen LogP contribution in [-0.4, -0.2) is 142 Å². The second kappa shape index (κ2) is 26.0. The van der Waals surface area contributed by atoms with E-state index in [9.17, 15) is 0 Å². The number of anilines is 6. The number of fused-ring (bicyclic) bond motifs is 3. The number of aryl methyl sites for hydroxylation is 3. The lowest BCUT2D eigenvalue weighted by Crippen LogP contribution is -2.46. The quantitative estimate of drug-likeness (QED) is 0.0526. The largest absolute Gasteiger partial charge is 0.329 e. The van der Waals surface area contributed by atoms with Crippen LogP contribution in [0.15, 0.2) is 98.6 Å². The van der Waals surface area contributed by atoms with Crippen molar-refractivity contribution < 1.29 is 0 Å². The molecule has 3 aliphatic heterocycles. The van der Waals surface area contributed by atoms with Crippen LogP contribution in [0.3, 0.4) is 0 Å². The molecule has 6 N–H and O–H groups in total. The number of thiophene rings is 1. The van der Waals surface area contributed by atoms with Crippen LogP contribution in [0.2, 0.25) is 0 Å². The van der Waals surface area contributed by atoms with Gasteiger partial charge in [-0.1, -0.05) is 19.3 Å². The molecular weight excluding hydrogens is 1150 g/mol. The molecule has 0 aliphatic carbocycles. The Balaban J connectivity index is 0.000000121. The van der Waals surface area contributed by atoms with Crippen LogP contribution in [0.25, 0.3) is 50.7 Å². The van der Waals surface area contributed by atoms with Gasteiger partial charge in [-0.25, -0.2) is 29.9 Å². The number of aromatic nitrogens is 17. The summed E-state index contributed by atoms with van der Waals surface area (Å²) in [4.78, 5) is 36.9. The second-order valence-electron chi connectivity index (χ2n) is 23.4. The first-order chi connectivity index (χ1) is 42.5. The maximum absolute atomic E-state index is 4.69. The van der Waals surface area contributed by atoms with Gasteiger partial charge in [-0.2, -0.15) is 24.0 Å². The average Bonchev–Trinajstić information content (AvgIpc) is 1.93. The summed E-state index contributed by atoms with van der Waals surface area (Å²) in [6.45, 7) is 19.7. The highest BCUT2D eigenvalue weighted by Gasteiger charge is 2.30. The van der Waals surface area contributed by atoms with Crippen molar-refractivity contribution in [2.75, 3.05) is 55.2 Å². The molecule has 0 atom stereocenters. The molecule has 12 aromatic rings. The zero-order chi connectivity index (χ0) is 59.3. The van der Waals surface area contributed by atoms with Crippen molar-refractivity contribution in [1.82, 2.24) is 97.1 Å². The third kappa shape index (κ3) is 13.5. The molecule has 0 saturated carbocycles. The molecule has 450 valence electrons. The van der Waals surface area contributed by atoms with Gasteiger partial charge in [0, 0.05) is 90.3 Å². The van der Waals surface area contributed by atoms with Crippen molar-refractivity contribution in [2.45, 2.75) is 117 Å². The number of piperidine rings is 3. The summed E-state index contributed by atoms with van der Waals surface area (Å²) < 4.78 is 15.5. The van der Waals surface area contributed by atoms with E-state index in [0.717, 1.165) is 144 Å². The number of hydrogen-bond donors (Lipinski definition) is 6. The summed E-state index contributed by atoms with van der Waals surface area (Å²) in [5, 5.41) is 34.2. The number of likely N-dealkylation sites (tertiary alicyclic amines) is 3. The molecule has 0 bridgehead atoms. The fraction of sp³-hybridized carbons (Fsp3) is 0.393. The maximum atomic E-state index is 4.69. The lowest BCUT2D eigenvalue weighted by molar-refractivity contribution is 0.0682. The normalized spacial score (nSPS) is 15.8. The lowest BCUT2D eigenvalue weighted by atomic mass is 9.90. The van der Waals surface area contributed by atoms with Gasteiger partial charge in [0.05, 0.1) is 87.7 Å². The Kier molecular flexibility index (Phi) is 17.3. The van der Waals surface area contributed by atoms with Gasteiger partial charge in [0.1, 0.15) is 10.0 Å². The van der Waals surface area contributed by atoms with Crippen LogP contribution in [0, 0.1) is 20.8 Å². The molecule has 87 heavy (non-hydrogen) atoms. The summed E-state index contributed by atoms with van der Waals surface area (Å²) in [7, 11) is 0. The SMILES string of the molecule is Cc1cn2c(-c3cn[nH]c3)cnc2c(Nc2cc(CCN3CCCCC3)ns2)n1.Cc1cn2c(-c3cn[nH]c3)cnc2c(Nc2cc(CN3CCCCC3(C)C)ns2)n1.Cc1cn2c(-c3cn[nH]c3)cnc2c(Nc2ccc(CN3CCCCC3)s2)n1. The van der Waals surface area contributed by atoms with E-state index < -0.39 is 0 Å². The average molecular weight is 1220 g/mol.